The van der Waals surface area contributed by atoms with E-state index >= 15 is 0 Å². The topological polar surface area (TPSA) is 28.8 Å². The lowest BCUT2D eigenvalue weighted by molar-refractivity contribution is 0.809. The summed E-state index contributed by atoms with van der Waals surface area (Å²) in [6.07, 6.45) is 1.84. The van der Waals surface area contributed by atoms with Crippen LogP contribution in [0.3, 0.4) is 0 Å². The van der Waals surface area contributed by atoms with E-state index in [9.17, 15) is 0 Å². The second-order valence-corrected chi connectivity index (χ2v) is 2.67. The van der Waals surface area contributed by atoms with Gasteiger partial charge in [-0.15, -0.1) is 0 Å². The number of pyridine rings is 1. The fraction of sp³-hybridized carbons (Fsp3) is 0.375. The Kier molecular flexibility index (Phi) is 4.86. The molecule has 62 valence electrons. The van der Waals surface area contributed by atoms with E-state index in [4.69, 9.17) is 5.41 Å². The van der Waals surface area contributed by atoms with Crippen LogP contribution in [-0.2, 0) is 7.05 Å². The Balaban J connectivity index is 0.000000461. The Morgan fingerprint density at radius 2 is 2.00 bits per heavy atom. The average Bonchev–Trinajstić information content (AvgIpc) is 2.04. The summed E-state index contributed by atoms with van der Waals surface area (Å²) in [6.45, 7) is 4.00. The van der Waals surface area contributed by atoms with E-state index in [-0.39, 0.29) is 0 Å². The van der Waals surface area contributed by atoms with Crippen LogP contribution in [0.15, 0.2) is 22.8 Å². The Hall–Kier alpha value is -0.570. The fourth-order valence-electron chi connectivity index (χ4n) is 0.579. The van der Waals surface area contributed by atoms with Crippen LogP contribution in [-0.4, -0.2) is 4.57 Å². The first-order chi connectivity index (χ1) is 5.22. The Bertz CT molecular complexity index is 242. The predicted molar refractivity (Wildman–Crippen MR) is 50.3 cm³/mol. The second kappa shape index (κ2) is 5.13. The molecule has 0 aliphatic rings. The summed E-state index contributed by atoms with van der Waals surface area (Å²) >= 11 is 3.24. The van der Waals surface area contributed by atoms with Crippen molar-refractivity contribution in [3.63, 3.8) is 0 Å². The maximum atomic E-state index is 7.36. The van der Waals surface area contributed by atoms with Gasteiger partial charge in [0.2, 0.25) is 0 Å². The lowest BCUT2D eigenvalue weighted by atomic mass is 10.5. The normalized spacial score (nSPS) is 8.36. The van der Waals surface area contributed by atoms with Crippen LogP contribution in [0.2, 0.25) is 0 Å². The van der Waals surface area contributed by atoms with Crippen LogP contribution >= 0.6 is 15.9 Å². The highest BCUT2D eigenvalue weighted by Gasteiger charge is 1.87. The van der Waals surface area contributed by atoms with E-state index in [1.165, 1.54) is 0 Å². The summed E-state index contributed by atoms with van der Waals surface area (Å²) in [5.74, 6) is 0. The minimum Gasteiger partial charge on any atom is -0.336 e. The molecule has 0 amide bonds. The van der Waals surface area contributed by atoms with Gasteiger partial charge in [-0.3, -0.25) is 5.41 Å². The number of halogens is 1. The highest BCUT2D eigenvalue weighted by molar-refractivity contribution is 9.10. The number of hydrogen-bond donors (Lipinski definition) is 1. The van der Waals surface area contributed by atoms with Gasteiger partial charge in [-0.1, -0.05) is 13.8 Å². The van der Waals surface area contributed by atoms with Crippen LogP contribution in [0.1, 0.15) is 13.8 Å². The highest BCUT2D eigenvalue weighted by atomic mass is 79.9. The van der Waals surface area contributed by atoms with Gasteiger partial charge in [-0.05, 0) is 28.1 Å². The molecule has 0 unspecified atom stereocenters. The van der Waals surface area contributed by atoms with Gasteiger partial charge >= 0.3 is 0 Å². The summed E-state index contributed by atoms with van der Waals surface area (Å²) in [6, 6.07) is 3.74. The third-order valence-corrected chi connectivity index (χ3v) is 1.77. The van der Waals surface area contributed by atoms with Crippen LogP contribution in [0.5, 0.6) is 0 Å². The van der Waals surface area contributed by atoms with Crippen molar-refractivity contribution in [2.24, 2.45) is 7.05 Å². The summed E-state index contributed by atoms with van der Waals surface area (Å²) in [5.41, 5.74) is 0.498. The number of aromatic nitrogens is 1. The van der Waals surface area contributed by atoms with E-state index in [0.717, 1.165) is 4.47 Å². The minimum absolute atomic E-state index is 0.498. The predicted octanol–water partition coefficient (Wildman–Crippen LogP) is 2.29. The molecule has 0 saturated carbocycles. The van der Waals surface area contributed by atoms with E-state index in [1.54, 1.807) is 4.57 Å². The molecule has 0 radical (unpaired) electrons. The SMILES string of the molecule is CC.Cn1cccc(Br)c1=N. The third kappa shape index (κ3) is 2.89. The zero-order chi connectivity index (χ0) is 8.85. The van der Waals surface area contributed by atoms with Crippen molar-refractivity contribution in [3.05, 3.63) is 28.3 Å². The molecule has 11 heavy (non-hydrogen) atoms. The van der Waals surface area contributed by atoms with Gasteiger partial charge in [0.25, 0.3) is 0 Å². The molecule has 3 heteroatoms. The molecule has 0 bridgehead atoms. The maximum absolute atomic E-state index is 7.36. The molecule has 1 N–H and O–H groups in total. The quantitative estimate of drug-likeness (QED) is 0.690. The largest absolute Gasteiger partial charge is 0.336 e. The van der Waals surface area contributed by atoms with Crippen molar-refractivity contribution in [2.75, 3.05) is 0 Å². The van der Waals surface area contributed by atoms with Crippen molar-refractivity contribution in [2.45, 2.75) is 13.8 Å². The van der Waals surface area contributed by atoms with Crippen LogP contribution in [0.4, 0.5) is 0 Å². The van der Waals surface area contributed by atoms with Gasteiger partial charge in [0.15, 0.2) is 0 Å². The fourth-order valence-corrected chi connectivity index (χ4v) is 1.01. The van der Waals surface area contributed by atoms with Crippen molar-refractivity contribution in [1.82, 2.24) is 4.57 Å². The summed E-state index contributed by atoms with van der Waals surface area (Å²) < 4.78 is 2.57. The molecule has 1 aromatic rings. The minimum atomic E-state index is 0.498. The molecule has 1 heterocycles. The lowest BCUT2D eigenvalue weighted by Gasteiger charge is -1.96. The Morgan fingerprint density at radius 1 is 1.45 bits per heavy atom. The Morgan fingerprint density at radius 3 is 2.36 bits per heavy atom. The maximum Gasteiger partial charge on any atom is 0.138 e. The second-order valence-electron chi connectivity index (χ2n) is 1.82. The average molecular weight is 217 g/mol. The molecule has 1 rings (SSSR count). The van der Waals surface area contributed by atoms with Crippen LogP contribution in [0.25, 0.3) is 0 Å². The summed E-state index contributed by atoms with van der Waals surface area (Å²) in [7, 11) is 1.84. The lowest BCUT2D eigenvalue weighted by Crippen LogP contribution is -2.15. The standard InChI is InChI=1S/C6H7BrN2.C2H6/c1-9-4-2-3-5(7)6(9)8;1-2/h2-4,8H,1H3;1-2H3. The number of hydrogen-bond acceptors (Lipinski definition) is 1. The van der Waals surface area contributed by atoms with Crippen molar-refractivity contribution >= 4 is 15.9 Å². The van der Waals surface area contributed by atoms with Crippen LogP contribution in [0, 0.1) is 5.41 Å². The Labute approximate surface area is 75.5 Å². The third-order valence-electron chi connectivity index (χ3n) is 1.13. The van der Waals surface area contributed by atoms with E-state index in [2.05, 4.69) is 15.9 Å². The molecule has 0 fully saturated rings. The molecule has 0 saturated heterocycles. The highest BCUT2D eigenvalue weighted by Crippen LogP contribution is 1.98. The van der Waals surface area contributed by atoms with Gasteiger partial charge in [0.05, 0.1) is 4.47 Å². The molecule has 1 aromatic heterocycles. The van der Waals surface area contributed by atoms with E-state index < -0.39 is 0 Å². The molecular formula is C8H13BrN2. The molecule has 0 aromatic carbocycles. The molecule has 0 aliphatic heterocycles. The molecule has 0 aliphatic carbocycles. The van der Waals surface area contributed by atoms with Crippen LogP contribution < -0.4 is 5.49 Å². The van der Waals surface area contributed by atoms with E-state index in [1.807, 2.05) is 39.2 Å². The molecule has 0 atom stereocenters. The van der Waals surface area contributed by atoms with Gasteiger partial charge < -0.3 is 4.57 Å². The van der Waals surface area contributed by atoms with Gasteiger partial charge in [-0.25, -0.2) is 0 Å². The zero-order valence-electron chi connectivity index (χ0n) is 7.06. The first-order valence-corrected chi connectivity index (χ1v) is 4.37. The summed E-state index contributed by atoms with van der Waals surface area (Å²) in [4.78, 5) is 0. The van der Waals surface area contributed by atoms with Gasteiger partial charge in [0, 0.05) is 13.2 Å². The monoisotopic (exact) mass is 216 g/mol. The van der Waals surface area contributed by atoms with Crippen molar-refractivity contribution < 1.29 is 0 Å². The number of rotatable bonds is 0. The number of aryl methyl sites for hydroxylation is 1. The smallest absolute Gasteiger partial charge is 0.138 e. The molecule has 0 spiro atoms. The van der Waals surface area contributed by atoms with Crippen molar-refractivity contribution in [1.29, 1.82) is 5.41 Å². The van der Waals surface area contributed by atoms with Crippen molar-refractivity contribution in [3.8, 4) is 0 Å². The molecular weight excluding hydrogens is 204 g/mol. The van der Waals surface area contributed by atoms with Gasteiger partial charge in [0.1, 0.15) is 5.49 Å². The zero-order valence-corrected chi connectivity index (χ0v) is 8.64. The first-order valence-electron chi connectivity index (χ1n) is 3.57. The molecule has 2 nitrogen and oxygen atoms in total. The number of nitrogens with zero attached hydrogens (tertiary/aromatic N) is 1. The van der Waals surface area contributed by atoms with Gasteiger partial charge in [-0.2, -0.15) is 0 Å². The number of nitrogens with one attached hydrogen (secondary N) is 1. The first kappa shape index (κ1) is 10.4. The van der Waals surface area contributed by atoms with E-state index in [0.29, 0.717) is 5.49 Å². The summed E-state index contributed by atoms with van der Waals surface area (Å²) in [5, 5.41) is 7.36.